The molecular weight excluding hydrogens is 259 g/mol. The zero-order valence-electron chi connectivity index (χ0n) is 9.94. The second-order valence-electron chi connectivity index (χ2n) is 4.12. The molecule has 3 nitrogen and oxygen atoms in total. The number of halogens is 2. The molecule has 1 aromatic rings. The third-order valence-electron chi connectivity index (χ3n) is 2.38. The Morgan fingerprint density at radius 2 is 2.12 bits per heavy atom. The first-order valence-electron chi connectivity index (χ1n) is 5.28. The molecule has 0 spiro atoms. The lowest BCUT2D eigenvalue weighted by Crippen LogP contribution is -2.43. The highest BCUT2D eigenvalue weighted by Gasteiger charge is 2.16. The van der Waals surface area contributed by atoms with Crippen LogP contribution in [0.25, 0.3) is 0 Å². The van der Waals surface area contributed by atoms with Gasteiger partial charge < -0.3 is 11.1 Å². The second-order valence-corrected chi connectivity index (χ2v) is 4.55. The van der Waals surface area contributed by atoms with Gasteiger partial charge >= 0.3 is 0 Å². The number of nitrogens with one attached hydrogen (secondary N) is 1. The molecule has 3 N–H and O–H groups in total. The highest BCUT2D eigenvalue weighted by molar-refractivity contribution is 6.30. The first-order chi connectivity index (χ1) is 7.50. The lowest BCUT2D eigenvalue weighted by atomic mass is 10.0. The van der Waals surface area contributed by atoms with Crippen molar-refractivity contribution in [3.05, 3.63) is 34.9 Å². The summed E-state index contributed by atoms with van der Waals surface area (Å²) in [5, 5.41) is 3.45. The molecule has 0 saturated heterocycles. The molecule has 0 radical (unpaired) electrons. The van der Waals surface area contributed by atoms with E-state index >= 15 is 0 Å². The summed E-state index contributed by atoms with van der Waals surface area (Å²) >= 11 is 5.84. The van der Waals surface area contributed by atoms with Gasteiger partial charge in [0.15, 0.2) is 0 Å². The predicted molar refractivity (Wildman–Crippen MR) is 73.4 cm³/mol. The fraction of sp³-hybridized carbons (Fsp3) is 0.417. The van der Waals surface area contributed by atoms with Crippen molar-refractivity contribution in [3.8, 4) is 0 Å². The minimum absolute atomic E-state index is 0. The molecule has 0 aliphatic heterocycles. The van der Waals surface area contributed by atoms with Crippen molar-refractivity contribution in [2.75, 3.05) is 0 Å². The molecule has 0 bridgehead atoms. The summed E-state index contributed by atoms with van der Waals surface area (Å²) in [6, 6.07) is 6.92. The Morgan fingerprint density at radius 1 is 1.47 bits per heavy atom. The van der Waals surface area contributed by atoms with E-state index in [1.807, 2.05) is 32.0 Å². The monoisotopic (exact) mass is 276 g/mol. The van der Waals surface area contributed by atoms with Gasteiger partial charge in [-0.15, -0.1) is 12.4 Å². The second kappa shape index (κ2) is 7.54. The zero-order valence-corrected chi connectivity index (χ0v) is 11.5. The van der Waals surface area contributed by atoms with E-state index in [-0.39, 0.29) is 24.2 Å². The number of nitrogens with two attached hydrogens (primary N) is 1. The standard InChI is InChI=1S/C12H17ClN2O.ClH/c1-8(2)11(14)12(16)15-7-9-4-3-5-10(13)6-9;/h3-6,8,11H,7,14H2,1-2H3,(H,15,16);1H. The first-order valence-corrected chi connectivity index (χ1v) is 5.66. The summed E-state index contributed by atoms with van der Waals surface area (Å²) in [7, 11) is 0. The molecule has 0 heterocycles. The molecule has 1 amide bonds. The van der Waals surface area contributed by atoms with Crippen LogP contribution in [0, 0.1) is 5.92 Å². The summed E-state index contributed by atoms with van der Waals surface area (Å²) in [6.07, 6.45) is 0. The van der Waals surface area contributed by atoms with Crippen molar-refractivity contribution in [2.24, 2.45) is 11.7 Å². The average Bonchev–Trinajstić information content (AvgIpc) is 2.24. The number of hydrogen-bond donors (Lipinski definition) is 2. The van der Waals surface area contributed by atoms with Crippen LogP contribution in [0.3, 0.4) is 0 Å². The van der Waals surface area contributed by atoms with E-state index in [9.17, 15) is 4.79 Å². The average molecular weight is 277 g/mol. The van der Waals surface area contributed by atoms with E-state index in [4.69, 9.17) is 17.3 Å². The van der Waals surface area contributed by atoms with Crippen LogP contribution in [-0.2, 0) is 11.3 Å². The van der Waals surface area contributed by atoms with Gasteiger partial charge in [-0.05, 0) is 23.6 Å². The molecule has 0 aliphatic rings. The van der Waals surface area contributed by atoms with Crippen LogP contribution in [0.2, 0.25) is 5.02 Å². The van der Waals surface area contributed by atoms with Crippen LogP contribution >= 0.6 is 24.0 Å². The fourth-order valence-electron chi connectivity index (χ4n) is 1.26. The van der Waals surface area contributed by atoms with Crippen molar-refractivity contribution < 1.29 is 4.79 Å². The highest BCUT2D eigenvalue weighted by Crippen LogP contribution is 2.10. The highest BCUT2D eigenvalue weighted by atomic mass is 35.5. The van der Waals surface area contributed by atoms with Crippen molar-refractivity contribution in [3.63, 3.8) is 0 Å². The Kier molecular flexibility index (Phi) is 7.19. The van der Waals surface area contributed by atoms with Crippen molar-refractivity contribution in [1.82, 2.24) is 5.32 Å². The summed E-state index contributed by atoms with van der Waals surface area (Å²) < 4.78 is 0. The Labute approximate surface area is 113 Å². The van der Waals surface area contributed by atoms with E-state index in [0.717, 1.165) is 5.56 Å². The molecule has 17 heavy (non-hydrogen) atoms. The minimum atomic E-state index is -0.459. The number of benzene rings is 1. The molecule has 5 heteroatoms. The predicted octanol–water partition coefficient (Wildman–Crippen LogP) is 2.36. The van der Waals surface area contributed by atoms with Gasteiger partial charge in [-0.1, -0.05) is 37.6 Å². The van der Waals surface area contributed by atoms with Crippen LogP contribution in [-0.4, -0.2) is 11.9 Å². The largest absolute Gasteiger partial charge is 0.351 e. The Morgan fingerprint density at radius 3 is 2.65 bits per heavy atom. The number of rotatable bonds is 4. The molecule has 1 unspecified atom stereocenters. The molecule has 0 fully saturated rings. The molecule has 96 valence electrons. The molecule has 1 atom stereocenters. The summed E-state index contributed by atoms with van der Waals surface area (Å²) in [5.74, 6) is 0.00865. The van der Waals surface area contributed by atoms with E-state index in [0.29, 0.717) is 11.6 Å². The van der Waals surface area contributed by atoms with Crippen LogP contribution in [0.5, 0.6) is 0 Å². The van der Waals surface area contributed by atoms with Gasteiger partial charge in [0.05, 0.1) is 6.04 Å². The van der Waals surface area contributed by atoms with Gasteiger partial charge in [0, 0.05) is 11.6 Å². The maximum Gasteiger partial charge on any atom is 0.237 e. The van der Waals surface area contributed by atoms with E-state index in [1.165, 1.54) is 0 Å². The van der Waals surface area contributed by atoms with E-state index in [2.05, 4.69) is 5.32 Å². The van der Waals surface area contributed by atoms with Crippen molar-refractivity contribution >= 4 is 29.9 Å². The Balaban J connectivity index is 0.00000256. The van der Waals surface area contributed by atoms with Crippen LogP contribution in [0.15, 0.2) is 24.3 Å². The van der Waals surface area contributed by atoms with Gasteiger partial charge in [0.2, 0.25) is 5.91 Å². The summed E-state index contributed by atoms with van der Waals surface area (Å²) in [4.78, 5) is 11.6. The summed E-state index contributed by atoms with van der Waals surface area (Å²) in [5.41, 5.74) is 6.69. The normalized spacial score (nSPS) is 11.8. The van der Waals surface area contributed by atoms with Gasteiger partial charge in [-0.25, -0.2) is 0 Å². The zero-order chi connectivity index (χ0) is 12.1. The van der Waals surface area contributed by atoms with Gasteiger partial charge in [-0.3, -0.25) is 4.79 Å². The molecule has 1 aromatic carbocycles. The lowest BCUT2D eigenvalue weighted by molar-refractivity contribution is -0.123. The van der Waals surface area contributed by atoms with Crippen LogP contribution in [0.1, 0.15) is 19.4 Å². The molecular formula is C12H18Cl2N2O. The number of hydrogen-bond acceptors (Lipinski definition) is 2. The van der Waals surface area contributed by atoms with E-state index < -0.39 is 6.04 Å². The first kappa shape index (κ1) is 16.2. The van der Waals surface area contributed by atoms with Crippen LogP contribution in [0.4, 0.5) is 0 Å². The number of carbonyl (C=O) groups excluding carboxylic acids is 1. The van der Waals surface area contributed by atoms with Gasteiger partial charge in [0.25, 0.3) is 0 Å². The van der Waals surface area contributed by atoms with Crippen molar-refractivity contribution in [1.29, 1.82) is 0 Å². The number of carbonyl (C=O) groups is 1. The maximum atomic E-state index is 11.6. The molecule has 1 rings (SSSR count). The van der Waals surface area contributed by atoms with Gasteiger partial charge in [0.1, 0.15) is 0 Å². The summed E-state index contributed by atoms with van der Waals surface area (Å²) in [6.45, 7) is 4.30. The van der Waals surface area contributed by atoms with Crippen molar-refractivity contribution in [2.45, 2.75) is 26.4 Å². The molecule has 0 aromatic heterocycles. The molecule has 0 aliphatic carbocycles. The topological polar surface area (TPSA) is 55.1 Å². The Bertz CT molecular complexity index is 369. The van der Waals surface area contributed by atoms with Gasteiger partial charge in [-0.2, -0.15) is 0 Å². The number of amides is 1. The smallest absolute Gasteiger partial charge is 0.237 e. The quantitative estimate of drug-likeness (QED) is 0.887. The van der Waals surface area contributed by atoms with Crippen LogP contribution < -0.4 is 11.1 Å². The minimum Gasteiger partial charge on any atom is -0.351 e. The van der Waals surface area contributed by atoms with E-state index in [1.54, 1.807) is 6.07 Å². The SMILES string of the molecule is CC(C)C(N)C(=O)NCc1cccc(Cl)c1.Cl. The fourth-order valence-corrected chi connectivity index (χ4v) is 1.47. The lowest BCUT2D eigenvalue weighted by Gasteiger charge is -2.15. The maximum absolute atomic E-state index is 11.6. The third kappa shape index (κ3) is 5.39. The molecule has 0 saturated carbocycles. The Hall–Kier alpha value is -0.770. The third-order valence-corrected chi connectivity index (χ3v) is 2.61.